The van der Waals surface area contributed by atoms with Crippen LogP contribution in [0.2, 0.25) is 0 Å². The summed E-state index contributed by atoms with van der Waals surface area (Å²) in [5.41, 5.74) is 5.46. The van der Waals surface area contributed by atoms with Crippen LogP contribution >= 0.6 is 0 Å². The van der Waals surface area contributed by atoms with Gasteiger partial charge < -0.3 is 10.5 Å². The Morgan fingerprint density at radius 2 is 2.18 bits per heavy atom. The SMILES string of the molecule is COc1nccnc1C(=N)N. The van der Waals surface area contributed by atoms with Crippen molar-refractivity contribution in [2.75, 3.05) is 7.11 Å². The maximum absolute atomic E-state index is 7.07. The summed E-state index contributed by atoms with van der Waals surface area (Å²) in [6, 6.07) is 0. The molecule has 58 valence electrons. The lowest BCUT2D eigenvalue weighted by Gasteiger charge is -2.01. The van der Waals surface area contributed by atoms with E-state index in [-0.39, 0.29) is 17.4 Å². The number of methoxy groups -OCH3 is 1. The lowest BCUT2D eigenvalue weighted by atomic mass is 10.4. The van der Waals surface area contributed by atoms with Crippen LogP contribution in [0.4, 0.5) is 0 Å². The lowest BCUT2D eigenvalue weighted by molar-refractivity contribution is 0.394. The number of rotatable bonds is 2. The van der Waals surface area contributed by atoms with E-state index in [9.17, 15) is 0 Å². The average Bonchev–Trinajstić information content (AvgIpc) is 2.04. The van der Waals surface area contributed by atoms with E-state index >= 15 is 0 Å². The minimum atomic E-state index is -0.144. The largest absolute Gasteiger partial charge is 0.479 e. The first-order valence-corrected chi connectivity index (χ1v) is 2.95. The molecule has 1 heterocycles. The number of nitrogens with one attached hydrogen (secondary N) is 1. The van der Waals surface area contributed by atoms with Gasteiger partial charge in [0.2, 0.25) is 5.88 Å². The molecule has 5 heteroatoms. The molecule has 1 rings (SSSR count). The molecule has 3 N–H and O–H groups in total. The third kappa shape index (κ3) is 1.43. The zero-order valence-electron chi connectivity index (χ0n) is 6.03. The molecule has 1 aromatic rings. The first-order valence-electron chi connectivity index (χ1n) is 2.95. The van der Waals surface area contributed by atoms with E-state index in [0.29, 0.717) is 0 Å². The molecule has 0 amide bonds. The van der Waals surface area contributed by atoms with E-state index < -0.39 is 0 Å². The fraction of sp³-hybridized carbons (Fsp3) is 0.167. The van der Waals surface area contributed by atoms with Crippen LogP contribution in [-0.2, 0) is 0 Å². The average molecular weight is 152 g/mol. The van der Waals surface area contributed by atoms with Gasteiger partial charge >= 0.3 is 0 Å². The van der Waals surface area contributed by atoms with Gasteiger partial charge in [0.1, 0.15) is 5.84 Å². The zero-order valence-corrected chi connectivity index (χ0v) is 6.03. The molecule has 0 aliphatic rings. The van der Waals surface area contributed by atoms with Crippen LogP contribution in [0.15, 0.2) is 12.4 Å². The highest BCUT2D eigenvalue weighted by Crippen LogP contribution is 2.08. The second-order valence-corrected chi connectivity index (χ2v) is 1.83. The van der Waals surface area contributed by atoms with E-state index in [2.05, 4.69) is 9.97 Å². The topological polar surface area (TPSA) is 84.9 Å². The molecule has 0 aromatic carbocycles. The first-order chi connectivity index (χ1) is 5.25. The van der Waals surface area contributed by atoms with Gasteiger partial charge in [0, 0.05) is 12.4 Å². The van der Waals surface area contributed by atoms with Crippen LogP contribution in [0.1, 0.15) is 5.69 Å². The second-order valence-electron chi connectivity index (χ2n) is 1.83. The van der Waals surface area contributed by atoms with Crippen molar-refractivity contribution in [2.24, 2.45) is 5.73 Å². The van der Waals surface area contributed by atoms with E-state index in [4.69, 9.17) is 15.9 Å². The highest BCUT2D eigenvalue weighted by atomic mass is 16.5. The molecular weight excluding hydrogens is 144 g/mol. The van der Waals surface area contributed by atoms with E-state index in [1.807, 2.05) is 0 Å². The number of ether oxygens (including phenoxy) is 1. The Hall–Kier alpha value is -1.65. The minimum Gasteiger partial charge on any atom is -0.479 e. The lowest BCUT2D eigenvalue weighted by Crippen LogP contribution is -2.15. The summed E-state index contributed by atoms with van der Waals surface area (Å²) < 4.78 is 4.81. The maximum Gasteiger partial charge on any atom is 0.243 e. The Labute approximate surface area is 63.7 Å². The summed E-state index contributed by atoms with van der Waals surface area (Å²) >= 11 is 0. The fourth-order valence-electron chi connectivity index (χ4n) is 0.659. The molecule has 0 atom stereocenters. The summed E-state index contributed by atoms with van der Waals surface area (Å²) in [6.07, 6.45) is 2.94. The molecule has 11 heavy (non-hydrogen) atoms. The summed E-state index contributed by atoms with van der Waals surface area (Å²) in [7, 11) is 1.45. The van der Waals surface area contributed by atoms with Crippen molar-refractivity contribution in [1.29, 1.82) is 5.41 Å². The highest BCUT2D eigenvalue weighted by Gasteiger charge is 2.06. The van der Waals surface area contributed by atoms with Crippen LogP contribution in [0.25, 0.3) is 0 Å². The van der Waals surface area contributed by atoms with E-state index in [1.165, 1.54) is 19.5 Å². The third-order valence-electron chi connectivity index (χ3n) is 1.11. The van der Waals surface area contributed by atoms with Crippen molar-refractivity contribution in [3.63, 3.8) is 0 Å². The number of aromatic nitrogens is 2. The molecule has 0 saturated carbocycles. The van der Waals surface area contributed by atoms with Crippen LogP contribution in [0, 0.1) is 5.41 Å². The number of hydrogen-bond donors (Lipinski definition) is 2. The maximum atomic E-state index is 7.07. The number of nitrogens with two attached hydrogens (primary N) is 1. The van der Waals surface area contributed by atoms with Crippen molar-refractivity contribution in [2.45, 2.75) is 0 Å². The zero-order chi connectivity index (χ0) is 8.27. The molecule has 0 aliphatic carbocycles. The predicted octanol–water partition coefficient (Wildman–Crippen LogP) is -0.231. The van der Waals surface area contributed by atoms with Gasteiger partial charge in [0.05, 0.1) is 7.11 Å². The fourth-order valence-corrected chi connectivity index (χ4v) is 0.659. The van der Waals surface area contributed by atoms with Gasteiger partial charge in [-0.3, -0.25) is 5.41 Å². The van der Waals surface area contributed by atoms with Crippen molar-refractivity contribution in [3.05, 3.63) is 18.1 Å². The molecule has 0 radical (unpaired) electrons. The van der Waals surface area contributed by atoms with Crippen LogP contribution in [-0.4, -0.2) is 22.9 Å². The molecular formula is C6H8N4O. The molecule has 0 fully saturated rings. The Kier molecular flexibility index (Phi) is 2.00. The van der Waals surface area contributed by atoms with Gasteiger partial charge in [-0.2, -0.15) is 0 Å². The number of amidine groups is 1. The van der Waals surface area contributed by atoms with Crippen molar-refractivity contribution in [1.82, 2.24) is 9.97 Å². The quantitative estimate of drug-likeness (QED) is 0.452. The normalized spacial score (nSPS) is 9.18. The monoisotopic (exact) mass is 152 g/mol. The number of hydrogen-bond acceptors (Lipinski definition) is 4. The van der Waals surface area contributed by atoms with Crippen LogP contribution in [0.5, 0.6) is 5.88 Å². The summed E-state index contributed by atoms with van der Waals surface area (Å²) in [5.74, 6) is 0.134. The molecule has 5 nitrogen and oxygen atoms in total. The van der Waals surface area contributed by atoms with Gasteiger partial charge in [0.15, 0.2) is 5.69 Å². The van der Waals surface area contributed by atoms with E-state index in [1.54, 1.807) is 0 Å². The molecule has 0 bridgehead atoms. The van der Waals surface area contributed by atoms with Crippen LogP contribution < -0.4 is 10.5 Å². The predicted molar refractivity (Wildman–Crippen MR) is 39.6 cm³/mol. The molecule has 0 unspecified atom stereocenters. The first kappa shape index (κ1) is 7.46. The summed E-state index contributed by atoms with van der Waals surface area (Å²) in [4.78, 5) is 7.62. The Balaban J connectivity index is 3.12. The second kappa shape index (κ2) is 2.96. The molecule has 0 aliphatic heterocycles. The van der Waals surface area contributed by atoms with Crippen molar-refractivity contribution >= 4 is 5.84 Å². The van der Waals surface area contributed by atoms with Gasteiger partial charge in [0.25, 0.3) is 0 Å². The van der Waals surface area contributed by atoms with Crippen LogP contribution in [0.3, 0.4) is 0 Å². The van der Waals surface area contributed by atoms with Crippen molar-refractivity contribution < 1.29 is 4.74 Å². The van der Waals surface area contributed by atoms with Gasteiger partial charge in [-0.1, -0.05) is 0 Å². The summed E-state index contributed by atoms with van der Waals surface area (Å²) in [6.45, 7) is 0. The van der Waals surface area contributed by atoms with E-state index in [0.717, 1.165) is 0 Å². The van der Waals surface area contributed by atoms with Crippen molar-refractivity contribution in [3.8, 4) is 5.88 Å². The highest BCUT2D eigenvalue weighted by molar-refractivity contribution is 5.94. The molecule has 1 aromatic heterocycles. The van der Waals surface area contributed by atoms with Gasteiger partial charge in [-0.05, 0) is 0 Å². The number of nitrogens with zero attached hydrogens (tertiary/aromatic N) is 2. The Morgan fingerprint density at radius 1 is 1.55 bits per heavy atom. The molecule has 0 spiro atoms. The Bertz CT molecular complexity index is 273. The Morgan fingerprint density at radius 3 is 2.64 bits per heavy atom. The third-order valence-corrected chi connectivity index (χ3v) is 1.11. The minimum absolute atomic E-state index is 0.144. The van der Waals surface area contributed by atoms with Gasteiger partial charge in [-0.25, -0.2) is 9.97 Å². The standard InChI is InChI=1S/C6H8N4O/c1-11-6-4(5(7)8)9-2-3-10-6/h2-3H,1H3,(H3,7,8). The number of nitrogen functional groups attached to an aromatic ring is 1. The van der Waals surface area contributed by atoms with Gasteiger partial charge in [-0.15, -0.1) is 0 Å². The smallest absolute Gasteiger partial charge is 0.243 e. The summed E-state index contributed by atoms with van der Waals surface area (Å²) in [5, 5.41) is 7.07. The molecule has 0 saturated heterocycles.